The van der Waals surface area contributed by atoms with Crippen LogP contribution >= 0.6 is 0 Å². The van der Waals surface area contributed by atoms with Crippen molar-refractivity contribution >= 4 is 25.7 Å². The SMILES string of the molecule is CNS(=O)(=O)c1ccc2c(c1)CCN2S(=O)(=O)c1ccc(C(F)(F)F)cc1. The van der Waals surface area contributed by atoms with Gasteiger partial charge in [-0.25, -0.2) is 21.6 Å². The molecule has 0 atom stereocenters. The first-order chi connectivity index (χ1) is 12.5. The fourth-order valence-corrected chi connectivity index (χ4v) is 5.11. The number of alkyl halides is 3. The lowest BCUT2D eigenvalue weighted by atomic mass is 10.2. The first-order valence-electron chi connectivity index (χ1n) is 7.73. The molecule has 0 spiro atoms. The van der Waals surface area contributed by atoms with Crippen molar-refractivity contribution in [3.63, 3.8) is 0 Å². The van der Waals surface area contributed by atoms with Crippen LogP contribution in [0.25, 0.3) is 0 Å². The molecule has 6 nitrogen and oxygen atoms in total. The van der Waals surface area contributed by atoms with E-state index in [1.807, 2.05) is 0 Å². The van der Waals surface area contributed by atoms with Gasteiger partial charge in [0.05, 0.1) is 21.0 Å². The van der Waals surface area contributed by atoms with Crippen LogP contribution < -0.4 is 9.03 Å². The number of anilines is 1. The number of hydrogen-bond donors (Lipinski definition) is 1. The van der Waals surface area contributed by atoms with E-state index in [-0.39, 0.29) is 16.3 Å². The molecule has 0 bridgehead atoms. The quantitative estimate of drug-likeness (QED) is 0.823. The molecule has 0 amide bonds. The van der Waals surface area contributed by atoms with E-state index in [1.54, 1.807) is 0 Å². The Bertz CT molecular complexity index is 1080. The number of nitrogens with zero attached hydrogens (tertiary/aromatic N) is 1. The van der Waals surface area contributed by atoms with Crippen LogP contribution in [0.2, 0.25) is 0 Å². The van der Waals surface area contributed by atoms with Gasteiger partial charge in [0, 0.05) is 6.54 Å². The van der Waals surface area contributed by atoms with Crippen molar-refractivity contribution in [3.05, 3.63) is 53.6 Å². The van der Waals surface area contributed by atoms with Crippen molar-refractivity contribution in [1.82, 2.24) is 4.72 Å². The van der Waals surface area contributed by atoms with Gasteiger partial charge in [-0.3, -0.25) is 4.31 Å². The third kappa shape index (κ3) is 3.54. The van der Waals surface area contributed by atoms with Gasteiger partial charge in [0.15, 0.2) is 0 Å². The smallest absolute Gasteiger partial charge is 0.266 e. The summed E-state index contributed by atoms with van der Waals surface area (Å²) in [7, 11) is -6.47. The molecule has 11 heteroatoms. The molecule has 2 aromatic carbocycles. The second kappa shape index (κ2) is 6.50. The third-order valence-electron chi connectivity index (χ3n) is 4.25. The van der Waals surface area contributed by atoms with E-state index in [2.05, 4.69) is 4.72 Å². The standard InChI is InChI=1S/C16H15F3N2O4S2/c1-20-26(22,23)14-6-7-15-11(10-14)8-9-21(15)27(24,25)13-4-2-12(3-5-13)16(17,18)19/h2-7,10,20H,8-9H2,1H3. The highest BCUT2D eigenvalue weighted by atomic mass is 32.2. The monoisotopic (exact) mass is 420 g/mol. The molecule has 1 aliphatic rings. The fraction of sp³-hybridized carbons (Fsp3) is 0.250. The zero-order chi connectivity index (χ0) is 20.0. The van der Waals surface area contributed by atoms with E-state index in [0.717, 1.165) is 16.4 Å². The van der Waals surface area contributed by atoms with Crippen molar-refractivity contribution in [1.29, 1.82) is 0 Å². The summed E-state index contributed by atoms with van der Waals surface area (Å²) in [6, 6.07) is 7.31. The first kappa shape index (κ1) is 19.6. The molecule has 0 saturated carbocycles. The molecular formula is C16H15F3N2O4S2. The second-order valence-electron chi connectivity index (χ2n) is 5.85. The molecule has 3 rings (SSSR count). The van der Waals surface area contributed by atoms with Gasteiger partial charge >= 0.3 is 6.18 Å². The molecule has 0 aliphatic carbocycles. The summed E-state index contributed by atoms with van der Waals surface area (Å²) in [6.07, 6.45) is -4.26. The van der Waals surface area contributed by atoms with Crippen LogP contribution in [0.5, 0.6) is 0 Å². The minimum absolute atomic E-state index is 0.0116. The number of halogens is 3. The minimum Gasteiger partial charge on any atom is -0.266 e. The van der Waals surface area contributed by atoms with Crippen molar-refractivity contribution < 1.29 is 30.0 Å². The Labute approximate surface area is 154 Å². The van der Waals surface area contributed by atoms with Gasteiger partial charge in [0.25, 0.3) is 10.0 Å². The topological polar surface area (TPSA) is 83.6 Å². The average Bonchev–Trinajstić information content (AvgIpc) is 3.05. The minimum atomic E-state index is -4.56. The number of rotatable bonds is 4. The summed E-state index contributed by atoms with van der Waals surface area (Å²) in [4.78, 5) is -0.257. The van der Waals surface area contributed by atoms with E-state index in [1.165, 1.54) is 25.2 Å². The highest BCUT2D eigenvalue weighted by Gasteiger charge is 2.34. The Morgan fingerprint density at radius 1 is 0.963 bits per heavy atom. The maximum atomic E-state index is 12.8. The molecule has 0 aromatic heterocycles. The van der Waals surface area contributed by atoms with Crippen molar-refractivity contribution in [2.45, 2.75) is 22.4 Å². The molecular weight excluding hydrogens is 405 g/mol. The number of benzene rings is 2. The molecule has 27 heavy (non-hydrogen) atoms. The van der Waals surface area contributed by atoms with E-state index in [9.17, 15) is 30.0 Å². The molecule has 2 aromatic rings. The number of nitrogens with one attached hydrogen (secondary N) is 1. The summed E-state index contributed by atoms with van der Waals surface area (Å²) in [5.41, 5.74) is -0.100. The molecule has 146 valence electrons. The zero-order valence-corrected chi connectivity index (χ0v) is 15.6. The van der Waals surface area contributed by atoms with Crippen LogP contribution in [-0.4, -0.2) is 30.4 Å². The zero-order valence-electron chi connectivity index (χ0n) is 14.0. The summed E-state index contributed by atoms with van der Waals surface area (Å²) >= 11 is 0. The maximum absolute atomic E-state index is 12.8. The third-order valence-corrected chi connectivity index (χ3v) is 7.49. The molecule has 0 unspecified atom stereocenters. The highest BCUT2D eigenvalue weighted by molar-refractivity contribution is 7.92. The van der Waals surface area contributed by atoms with Gasteiger partial charge in [-0.2, -0.15) is 13.2 Å². The van der Waals surface area contributed by atoms with Crippen LogP contribution in [0.4, 0.5) is 18.9 Å². The lowest BCUT2D eigenvalue weighted by molar-refractivity contribution is -0.137. The molecule has 1 aliphatic heterocycles. The number of hydrogen-bond acceptors (Lipinski definition) is 4. The van der Waals surface area contributed by atoms with Crippen LogP contribution in [0.3, 0.4) is 0 Å². The fourth-order valence-electron chi connectivity index (χ4n) is 2.83. The summed E-state index contributed by atoms with van der Waals surface area (Å²) in [5.74, 6) is 0. The van der Waals surface area contributed by atoms with Gasteiger partial charge < -0.3 is 0 Å². The summed E-state index contributed by atoms with van der Waals surface area (Å²) < 4.78 is 90.6. The van der Waals surface area contributed by atoms with Crippen molar-refractivity contribution in [2.75, 3.05) is 17.9 Å². The van der Waals surface area contributed by atoms with Crippen LogP contribution in [-0.2, 0) is 32.6 Å². The summed E-state index contributed by atoms with van der Waals surface area (Å²) in [5, 5.41) is 0. The Morgan fingerprint density at radius 3 is 2.11 bits per heavy atom. The molecule has 0 saturated heterocycles. The van der Waals surface area contributed by atoms with Gasteiger partial charge in [0.1, 0.15) is 0 Å². The Balaban J connectivity index is 1.97. The first-order valence-corrected chi connectivity index (χ1v) is 10.7. The molecule has 1 N–H and O–H groups in total. The lowest BCUT2D eigenvalue weighted by Crippen LogP contribution is -2.29. The predicted octanol–water partition coefficient (Wildman–Crippen LogP) is 2.36. The predicted molar refractivity (Wildman–Crippen MR) is 92.4 cm³/mol. The van der Waals surface area contributed by atoms with E-state index in [4.69, 9.17) is 0 Å². The van der Waals surface area contributed by atoms with Gasteiger partial charge in [-0.1, -0.05) is 0 Å². The average molecular weight is 420 g/mol. The molecule has 0 radical (unpaired) electrons. The summed E-state index contributed by atoms with van der Waals surface area (Å²) in [6.45, 7) is 0.0712. The van der Waals surface area contributed by atoms with E-state index < -0.39 is 31.8 Å². The highest BCUT2D eigenvalue weighted by Crippen LogP contribution is 2.35. The van der Waals surface area contributed by atoms with Crippen molar-refractivity contribution in [3.8, 4) is 0 Å². The maximum Gasteiger partial charge on any atom is 0.416 e. The molecule has 0 fully saturated rings. The number of fused-ring (bicyclic) bond motifs is 1. The van der Waals surface area contributed by atoms with Crippen LogP contribution in [0.15, 0.2) is 52.3 Å². The number of sulfonamides is 2. The van der Waals surface area contributed by atoms with Gasteiger partial charge in [0.2, 0.25) is 10.0 Å². The van der Waals surface area contributed by atoms with Crippen molar-refractivity contribution in [2.24, 2.45) is 0 Å². The molecule has 1 heterocycles. The Morgan fingerprint density at radius 2 is 1.56 bits per heavy atom. The second-order valence-corrected chi connectivity index (χ2v) is 9.60. The lowest BCUT2D eigenvalue weighted by Gasteiger charge is -2.20. The Hall–Kier alpha value is -2.11. The van der Waals surface area contributed by atoms with Crippen LogP contribution in [0.1, 0.15) is 11.1 Å². The van der Waals surface area contributed by atoms with Crippen LogP contribution in [0, 0.1) is 0 Å². The normalized spacial score (nSPS) is 15.0. The van der Waals surface area contributed by atoms with E-state index in [0.29, 0.717) is 29.8 Å². The van der Waals surface area contributed by atoms with Gasteiger partial charge in [-0.15, -0.1) is 0 Å². The Kier molecular flexibility index (Phi) is 4.73. The largest absolute Gasteiger partial charge is 0.416 e. The van der Waals surface area contributed by atoms with E-state index >= 15 is 0 Å². The van der Waals surface area contributed by atoms with Gasteiger partial charge in [-0.05, 0) is 61.5 Å².